The molecule has 1 saturated heterocycles. The van der Waals surface area contributed by atoms with Crippen LogP contribution in [0.25, 0.3) is 0 Å². The highest BCUT2D eigenvalue weighted by Gasteiger charge is 2.48. The van der Waals surface area contributed by atoms with E-state index in [-0.39, 0.29) is 23.3 Å². The van der Waals surface area contributed by atoms with Gasteiger partial charge in [0, 0.05) is 43.9 Å². The van der Waals surface area contributed by atoms with Gasteiger partial charge < -0.3 is 20.6 Å². The summed E-state index contributed by atoms with van der Waals surface area (Å²) in [5.41, 5.74) is 6.66. The molecule has 2 atom stereocenters. The van der Waals surface area contributed by atoms with Crippen molar-refractivity contribution in [3.63, 3.8) is 0 Å². The molecule has 1 aromatic carbocycles. The zero-order chi connectivity index (χ0) is 18.2. The number of hydrogen-bond donors (Lipinski definition) is 2. The molecule has 6 heteroatoms. The van der Waals surface area contributed by atoms with Crippen molar-refractivity contribution in [3.05, 3.63) is 29.8 Å². The second kappa shape index (κ2) is 6.67. The lowest BCUT2D eigenvalue weighted by atomic mass is 9.59. The molecule has 0 bridgehead atoms. The van der Waals surface area contributed by atoms with Gasteiger partial charge in [0.25, 0.3) is 0 Å². The first-order valence-electron chi connectivity index (χ1n) is 8.89. The lowest BCUT2D eigenvalue weighted by molar-refractivity contribution is -0.143. The van der Waals surface area contributed by atoms with E-state index in [0.717, 1.165) is 25.2 Å². The molecule has 2 unspecified atom stereocenters. The van der Waals surface area contributed by atoms with E-state index in [9.17, 15) is 14.7 Å². The molecule has 2 aliphatic rings. The van der Waals surface area contributed by atoms with Gasteiger partial charge >= 0.3 is 0 Å². The van der Waals surface area contributed by atoms with Gasteiger partial charge in [-0.3, -0.25) is 9.59 Å². The summed E-state index contributed by atoms with van der Waals surface area (Å²) in [6, 6.07) is 7.27. The minimum absolute atomic E-state index is 0.153. The molecule has 1 aliphatic carbocycles. The van der Waals surface area contributed by atoms with Gasteiger partial charge in [-0.25, -0.2) is 0 Å². The molecule has 2 amide bonds. The summed E-state index contributed by atoms with van der Waals surface area (Å²) >= 11 is 0. The molecule has 3 rings (SSSR count). The Hall–Kier alpha value is -2.08. The van der Waals surface area contributed by atoms with Crippen LogP contribution in [0, 0.1) is 11.3 Å². The fourth-order valence-corrected chi connectivity index (χ4v) is 3.73. The van der Waals surface area contributed by atoms with Crippen molar-refractivity contribution >= 4 is 17.5 Å². The standard InChI is InChI=1S/C19H27N3O3/c1-19(2)14(11-16(19)23)12-17(24)22-9-7-21(8-10-22)15-5-3-13(4-6-15)18(20)25/h3-6,14,16,23H,7-12H2,1-2H3,(H2,20,25). The van der Waals surface area contributed by atoms with E-state index in [1.54, 1.807) is 12.1 Å². The molecule has 1 aromatic rings. The largest absolute Gasteiger partial charge is 0.393 e. The van der Waals surface area contributed by atoms with Gasteiger partial charge in [0.2, 0.25) is 11.8 Å². The van der Waals surface area contributed by atoms with Crippen LogP contribution in [0.5, 0.6) is 0 Å². The molecular formula is C19H27N3O3. The second-order valence-electron chi connectivity index (χ2n) is 7.75. The summed E-state index contributed by atoms with van der Waals surface area (Å²) < 4.78 is 0. The SMILES string of the molecule is CC1(C)C(O)CC1CC(=O)N1CCN(c2ccc(C(N)=O)cc2)CC1. The third-order valence-corrected chi connectivity index (χ3v) is 5.99. The third-order valence-electron chi connectivity index (χ3n) is 5.99. The number of nitrogens with zero attached hydrogens (tertiary/aromatic N) is 2. The van der Waals surface area contributed by atoms with E-state index < -0.39 is 5.91 Å². The Labute approximate surface area is 148 Å². The molecule has 1 heterocycles. The van der Waals surface area contributed by atoms with Crippen molar-refractivity contribution < 1.29 is 14.7 Å². The molecule has 136 valence electrons. The van der Waals surface area contributed by atoms with Crippen LogP contribution < -0.4 is 10.6 Å². The summed E-state index contributed by atoms with van der Waals surface area (Å²) in [4.78, 5) is 27.8. The van der Waals surface area contributed by atoms with Crippen LogP contribution in [-0.2, 0) is 4.79 Å². The minimum atomic E-state index is -0.425. The predicted octanol–water partition coefficient (Wildman–Crippen LogP) is 1.23. The summed E-state index contributed by atoms with van der Waals surface area (Å²) in [5.74, 6) is 0.0362. The quantitative estimate of drug-likeness (QED) is 0.859. The summed E-state index contributed by atoms with van der Waals surface area (Å²) in [6.07, 6.45) is 0.966. The molecule has 1 aliphatic heterocycles. The lowest BCUT2D eigenvalue weighted by Crippen LogP contribution is -2.53. The number of rotatable bonds is 4. The molecular weight excluding hydrogens is 318 g/mol. The van der Waals surface area contributed by atoms with Crippen LogP contribution in [0.4, 0.5) is 5.69 Å². The van der Waals surface area contributed by atoms with Crippen LogP contribution in [0.2, 0.25) is 0 Å². The Kier molecular flexibility index (Phi) is 4.73. The molecule has 1 saturated carbocycles. The summed E-state index contributed by atoms with van der Waals surface area (Å²) in [6.45, 7) is 7.02. The van der Waals surface area contributed by atoms with Gasteiger partial charge in [-0.05, 0) is 42.0 Å². The van der Waals surface area contributed by atoms with Gasteiger partial charge in [-0.15, -0.1) is 0 Å². The molecule has 25 heavy (non-hydrogen) atoms. The van der Waals surface area contributed by atoms with E-state index in [0.29, 0.717) is 25.1 Å². The molecule has 6 nitrogen and oxygen atoms in total. The molecule has 2 fully saturated rings. The Balaban J connectivity index is 1.51. The number of nitrogens with two attached hydrogens (primary N) is 1. The highest BCUT2D eigenvalue weighted by Crippen LogP contribution is 2.48. The van der Waals surface area contributed by atoms with E-state index in [1.807, 2.05) is 30.9 Å². The van der Waals surface area contributed by atoms with Crippen molar-refractivity contribution in [2.24, 2.45) is 17.1 Å². The van der Waals surface area contributed by atoms with E-state index in [1.165, 1.54) is 0 Å². The number of amides is 2. The Morgan fingerprint density at radius 3 is 2.24 bits per heavy atom. The number of carbonyl (C=O) groups is 2. The van der Waals surface area contributed by atoms with Crippen LogP contribution in [-0.4, -0.2) is 54.1 Å². The Morgan fingerprint density at radius 1 is 1.16 bits per heavy atom. The van der Waals surface area contributed by atoms with Gasteiger partial charge in [0.15, 0.2) is 0 Å². The molecule has 0 radical (unpaired) electrons. The van der Waals surface area contributed by atoms with E-state index in [2.05, 4.69) is 4.90 Å². The number of aliphatic hydroxyl groups is 1. The van der Waals surface area contributed by atoms with Gasteiger partial charge in [0.05, 0.1) is 6.10 Å². The highest BCUT2D eigenvalue weighted by molar-refractivity contribution is 5.93. The average molecular weight is 345 g/mol. The lowest BCUT2D eigenvalue weighted by Gasteiger charge is -2.49. The van der Waals surface area contributed by atoms with Crippen molar-refractivity contribution in [2.45, 2.75) is 32.8 Å². The second-order valence-corrected chi connectivity index (χ2v) is 7.75. The maximum absolute atomic E-state index is 12.5. The first-order chi connectivity index (χ1) is 11.8. The molecule has 0 aromatic heterocycles. The molecule has 0 spiro atoms. The molecule has 3 N–H and O–H groups in total. The average Bonchev–Trinajstić information content (AvgIpc) is 2.61. The summed E-state index contributed by atoms with van der Waals surface area (Å²) in [7, 11) is 0. The first kappa shape index (κ1) is 17.7. The number of primary amides is 1. The maximum Gasteiger partial charge on any atom is 0.248 e. The third kappa shape index (κ3) is 3.49. The Bertz CT molecular complexity index is 648. The van der Waals surface area contributed by atoms with Crippen molar-refractivity contribution in [1.82, 2.24) is 4.90 Å². The van der Waals surface area contributed by atoms with Crippen LogP contribution in [0.3, 0.4) is 0 Å². The van der Waals surface area contributed by atoms with Crippen molar-refractivity contribution in [3.8, 4) is 0 Å². The monoisotopic (exact) mass is 345 g/mol. The fourth-order valence-electron chi connectivity index (χ4n) is 3.73. The summed E-state index contributed by atoms with van der Waals surface area (Å²) in [5, 5.41) is 9.82. The van der Waals surface area contributed by atoms with E-state index in [4.69, 9.17) is 5.73 Å². The number of aliphatic hydroxyl groups excluding tert-OH is 1. The maximum atomic E-state index is 12.5. The van der Waals surface area contributed by atoms with Gasteiger partial charge in [-0.1, -0.05) is 13.8 Å². The van der Waals surface area contributed by atoms with Crippen LogP contribution >= 0.6 is 0 Å². The van der Waals surface area contributed by atoms with Crippen LogP contribution in [0.1, 0.15) is 37.0 Å². The van der Waals surface area contributed by atoms with Gasteiger partial charge in [-0.2, -0.15) is 0 Å². The number of anilines is 1. The van der Waals surface area contributed by atoms with E-state index >= 15 is 0 Å². The van der Waals surface area contributed by atoms with Crippen molar-refractivity contribution in [2.75, 3.05) is 31.1 Å². The number of piperazine rings is 1. The van der Waals surface area contributed by atoms with Crippen molar-refractivity contribution in [1.29, 1.82) is 0 Å². The van der Waals surface area contributed by atoms with Gasteiger partial charge in [0.1, 0.15) is 0 Å². The number of hydrogen-bond acceptors (Lipinski definition) is 4. The minimum Gasteiger partial charge on any atom is -0.393 e. The fraction of sp³-hybridized carbons (Fsp3) is 0.579. The van der Waals surface area contributed by atoms with Crippen LogP contribution in [0.15, 0.2) is 24.3 Å². The Morgan fingerprint density at radius 2 is 1.76 bits per heavy atom. The zero-order valence-corrected chi connectivity index (χ0v) is 14.9. The number of carbonyl (C=O) groups excluding carboxylic acids is 2. The zero-order valence-electron chi connectivity index (χ0n) is 14.9. The highest BCUT2D eigenvalue weighted by atomic mass is 16.3. The normalized spacial score (nSPS) is 25.4. The predicted molar refractivity (Wildman–Crippen MR) is 96.3 cm³/mol. The smallest absolute Gasteiger partial charge is 0.248 e. The topological polar surface area (TPSA) is 86.9 Å². The first-order valence-corrected chi connectivity index (χ1v) is 8.89. The number of benzene rings is 1.